The van der Waals surface area contributed by atoms with Crippen LogP contribution in [0.4, 0.5) is 38.9 Å². The first-order valence-electron chi connectivity index (χ1n) is 21.1. The Morgan fingerprint density at radius 3 is 2.55 bits per heavy atom. The number of ether oxygens (including phenoxy) is 1. The van der Waals surface area contributed by atoms with Crippen LogP contribution >= 0.6 is 0 Å². The number of hydrogen-bond acceptors (Lipinski definition) is 12. The molecule has 2 aromatic heterocycles. The van der Waals surface area contributed by atoms with Gasteiger partial charge in [0.1, 0.15) is 29.1 Å². The Hall–Kier alpha value is -6.27. The molecule has 3 fully saturated rings. The number of para-hydroxylation sites is 1. The predicted molar refractivity (Wildman–Crippen MR) is 234 cm³/mol. The van der Waals surface area contributed by atoms with Gasteiger partial charge in [-0.1, -0.05) is 24.3 Å². The van der Waals surface area contributed by atoms with E-state index in [2.05, 4.69) is 36.6 Å². The molecule has 5 heterocycles. The van der Waals surface area contributed by atoms with Gasteiger partial charge in [0.2, 0.25) is 33.7 Å². The second kappa shape index (κ2) is 17.2. The van der Waals surface area contributed by atoms with E-state index in [4.69, 9.17) is 9.72 Å². The second-order valence-electron chi connectivity index (χ2n) is 16.4. The summed E-state index contributed by atoms with van der Waals surface area (Å²) in [4.78, 5) is 51.1. The molecule has 3 amide bonds. The number of imide groups is 1. The summed E-state index contributed by atoms with van der Waals surface area (Å²) in [6.45, 7) is 2.86. The Balaban J connectivity index is 0.720. The van der Waals surface area contributed by atoms with Crippen molar-refractivity contribution in [1.82, 2.24) is 30.9 Å². The fourth-order valence-corrected chi connectivity index (χ4v) is 9.83. The van der Waals surface area contributed by atoms with Crippen LogP contribution in [-0.4, -0.2) is 92.2 Å². The van der Waals surface area contributed by atoms with Gasteiger partial charge in [0.05, 0.1) is 34.6 Å². The van der Waals surface area contributed by atoms with Crippen LogP contribution in [0, 0.1) is 11.7 Å². The number of carbonyl (C=O) groups excluding carboxylic acids is 3. The molecule has 324 valence electrons. The lowest BCUT2D eigenvalue weighted by molar-refractivity contribution is -0.134. The summed E-state index contributed by atoms with van der Waals surface area (Å²) in [5, 5.41) is 16.2. The molecule has 18 heteroatoms. The minimum atomic E-state index is -3.48. The van der Waals surface area contributed by atoms with Gasteiger partial charge in [0, 0.05) is 63.0 Å². The summed E-state index contributed by atoms with van der Waals surface area (Å²) in [7, 11) is -3.48. The highest BCUT2D eigenvalue weighted by Crippen LogP contribution is 2.40. The number of anilines is 6. The van der Waals surface area contributed by atoms with Crippen molar-refractivity contribution < 1.29 is 31.9 Å². The molecular weight excluding hydrogens is 816 g/mol. The van der Waals surface area contributed by atoms with E-state index in [9.17, 15) is 22.8 Å². The molecule has 1 unspecified atom stereocenters. The van der Waals surface area contributed by atoms with Crippen molar-refractivity contribution in [3.8, 4) is 5.75 Å². The molecule has 3 aliphatic heterocycles. The van der Waals surface area contributed by atoms with Crippen molar-refractivity contribution in [2.24, 2.45) is 5.92 Å². The van der Waals surface area contributed by atoms with Crippen LogP contribution in [0.25, 0.3) is 11.0 Å². The fraction of sp³-hybridized carbons (Fsp3) is 0.386. The van der Waals surface area contributed by atoms with Gasteiger partial charge in [0.15, 0.2) is 0 Å². The summed E-state index contributed by atoms with van der Waals surface area (Å²) in [6, 6.07) is 20.1. The molecule has 0 radical (unpaired) electrons. The van der Waals surface area contributed by atoms with E-state index in [0.717, 1.165) is 24.0 Å². The van der Waals surface area contributed by atoms with E-state index >= 15 is 4.39 Å². The van der Waals surface area contributed by atoms with Crippen molar-refractivity contribution in [3.63, 3.8) is 0 Å². The van der Waals surface area contributed by atoms with Crippen molar-refractivity contribution in [1.29, 1.82) is 0 Å². The van der Waals surface area contributed by atoms with Gasteiger partial charge in [-0.2, -0.15) is 9.97 Å². The number of nitrogens with zero attached hydrogens (tertiary/aromatic N) is 4. The second-order valence-corrected chi connectivity index (χ2v) is 18.3. The van der Waals surface area contributed by atoms with Gasteiger partial charge >= 0.3 is 0 Å². The predicted octanol–water partition coefficient (Wildman–Crippen LogP) is 4.96. The third kappa shape index (κ3) is 8.88. The number of H-pyrrole nitrogens is 1. The van der Waals surface area contributed by atoms with E-state index in [-0.39, 0.29) is 53.5 Å². The number of aromatic nitrogens is 3. The molecule has 0 bridgehead atoms. The lowest BCUT2D eigenvalue weighted by atomic mass is 9.81. The maximum absolute atomic E-state index is 15.7. The molecule has 16 nitrogen and oxygen atoms in total. The number of sulfonamides is 1. The van der Waals surface area contributed by atoms with Gasteiger partial charge in [0.25, 0.3) is 0 Å². The number of amides is 3. The number of carbonyl (C=O) groups is 3. The molecule has 2 saturated heterocycles. The van der Waals surface area contributed by atoms with E-state index in [1.54, 1.807) is 18.3 Å². The van der Waals surface area contributed by atoms with Crippen molar-refractivity contribution in [3.05, 3.63) is 89.9 Å². The number of fused-ring (bicyclic) bond motifs is 2. The molecule has 6 N–H and O–H groups in total. The van der Waals surface area contributed by atoms with Crippen LogP contribution in [0.1, 0.15) is 55.6 Å². The molecule has 62 heavy (non-hydrogen) atoms. The Kier molecular flexibility index (Phi) is 11.4. The monoisotopic (exact) mass is 864 g/mol. The minimum absolute atomic E-state index is 0.0127. The molecular formula is C44H49FN10O6S. The van der Waals surface area contributed by atoms with Gasteiger partial charge in [-0.25, -0.2) is 12.8 Å². The van der Waals surface area contributed by atoms with E-state index in [1.165, 1.54) is 16.6 Å². The first kappa shape index (κ1) is 41.1. The zero-order valence-electron chi connectivity index (χ0n) is 34.2. The Morgan fingerprint density at radius 2 is 1.76 bits per heavy atom. The molecule has 1 atom stereocenters. The maximum Gasteiger partial charge on any atom is 0.234 e. The van der Waals surface area contributed by atoms with Gasteiger partial charge in [-0.15, -0.1) is 0 Å². The van der Waals surface area contributed by atoms with Crippen LogP contribution in [0.3, 0.4) is 0 Å². The summed E-state index contributed by atoms with van der Waals surface area (Å²) >= 11 is 0. The number of hydrogen-bond donors (Lipinski definition) is 6. The Bertz CT molecular complexity index is 2630. The van der Waals surface area contributed by atoms with Crippen LogP contribution in [0.5, 0.6) is 5.75 Å². The topological polar surface area (TPSA) is 203 Å². The summed E-state index contributed by atoms with van der Waals surface area (Å²) in [5.74, 6) is -0.00412. The summed E-state index contributed by atoms with van der Waals surface area (Å²) in [5.41, 5.74) is 4.51. The largest absolute Gasteiger partial charge is 0.490 e. The van der Waals surface area contributed by atoms with Crippen LogP contribution < -0.4 is 40.5 Å². The highest BCUT2D eigenvalue weighted by Gasteiger charge is 2.36. The quantitative estimate of drug-likeness (QED) is 0.0649. The van der Waals surface area contributed by atoms with Crippen molar-refractivity contribution in [2.75, 3.05) is 58.8 Å². The first-order valence-corrected chi connectivity index (χ1v) is 22.9. The molecule has 9 rings (SSSR count). The maximum atomic E-state index is 15.7. The highest BCUT2D eigenvalue weighted by molar-refractivity contribution is 7.92. The molecule has 5 aromatic rings. The molecule has 3 aromatic carbocycles. The van der Waals surface area contributed by atoms with Crippen LogP contribution in [0.2, 0.25) is 0 Å². The fourth-order valence-electron chi connectivity index (χ4n) is 8.86. The number of benzene rings is 3. The first-order chi connectivity index (χ1) is 29.9. The average Bonchev–Trinajstić information content (AvgIpc) is 3.90. The summed E-state index contributed by atoms with van der Waals surface area (Å²) < 4.78 is 48.3. The SMILES string of the molecule is CS(=O)(=O)N1CCc2cccc(Nc3nc(Nc4ccc(N5CCC(NCCNC(=O)[C@H]6C[C@@H](Oc7cccc(C8CCC(=O)NC8=O)c7)C6)CC5)c(F)c4)nc4[nH]ccc34)c21. The third-order valence-electron chi connectivity index (χ3n) is 12.2. The van der Waals surface area contributed by atoms with Crippen LogP contribution in [-0.2, 0) is 30.8 Å². The number of rotatable bonds is 14. The molecule has 0 spiro atoms. The minimum Gasteiger partial charge on any atom is -0.490 e. The lowest BCUT2D eigenvalue weighted by Gasteiger charge is -2.35. The Labute approximate surface area is 358 Å². The van der Waals surface area contributed by atoms with E-state index in [1.807, 2.05) is 53.4 Å². The van der Waals surface area contributed by atoms with Crippen LogP contribution in [0.15, 0.2) is 72.9 Å². The smallest absolute Gasteiger partial charge is 0.234 e. The number of nitrogens with one attached hydrogen (secondary N) is 6. The number of halogens is 1. The summed E-state index contributed by atoms with van der Waals surface area (Å²) in [6.07, 6.45) is 7.17. The third-order valence-corrected chi connectivity index (χ3v) is 13.4. The highest BCUT2D eigenvalue weighted by atomic mass is 32.2. The lowest BCUT2D eigenvalue weighted by Crippen LogP contribution is -2.47. The zero-order valence-corrected chi connectivity index (χ0v) is 35.1. The molecule has 1 saturated carbocycles. The van der Waals surface area contributed by atoms with Gasteiger partial charge < -0.3 is 35.9 Å². The van der Waals surface area contributed by atoms with Crippen molar-refractivity contribution >= 4 is 73.3 Å². The van der Waals surface area contributed by atoms with E-state index < -0.39 is 10.0 Å². The number of aromatic amines is 1. The average molecular weight is 865 g/mol. The normalized spacial score (nSPS) is 20.4. The van der Waals surface area contributed by atoms with Gasteiger partial charge in [-0.3, -0.25) is 24.0 Å². The zero-order chi connectivity index (χ0) is 43.0. The standard InChI is InChI=1S/C44H49FN10O6S/c1-62(59,60)55-21-13-26-4-3-7-36(39(26)55)50-41-34-12-16-47-40(34)52-44(53-41)49-30-8-10-37(35(45)25-30)54-19-14-29(15-20-54)46-17-18-48-42(57)28-23-32(24-28)61-31-6-2-5-27(22-31)33-9-11-38(56)51-43(33)58/h2-8,10,12,16,22,25,28-29,32-33,46H,9,11,13-15,17-21,23-24H2,1H3,(H,48,57)(H,51,56,58)(H3,47,49,50,52,53)/t28-,32+,33?. The van der Waals surface area contributed by atoms with Crippen molar-refractivity contribution in [2.45, 2.75) is 63.0 Å². The Morgan fingerprint density at radius 1 is 0.935 bits per heavy atom. The van der Waals surface area contributed by atoms with E-state index in [0.29, 0.717) is 110 Å². The molecule has 1 aliphatic carbocycles. The number of piperidine rings is 2. The van der Waals surface area contributed by atoms with Gasteiger partial charge in [-0.05, 0) is 92.1 Å². The molecule has 4 aliphatic rings.